The number of fused-ring (bicyclic) bond motifs is 1. The molecule has 0 radical (unpaired) electrons. The molecule has 1 fully saturated rings. The van der Waals surface area contributed by atoms with Crippen LogP contribution in [0.2, 0.25) is 5.02 Å². The number of carbonyl (C=O) groups is 6. The second-order valence-corrected chi connectivity index (χ2v) is 16.2. The minimum absolute atomic E-state index is 0.0310. The van der Waals surface area contributed by atoms with Crippen LogP contribution in [0.15, 0.2) is 90.1 Å². The van der Waals surface area contributed by atoms with Gasteiger partial charge >= 0.3 is 0 Å². The summed E-state index contributed by atoms with van der Waals surface area (Å²) >= 11 is 6.14. The van der Waals surface area contributed by atoms with Gasteiger partial charge in [0.25, 0.3) is 0 Å². The number of carbonyl (C=O) groups excluding carboxylic acids is 6. The number of halogens is 1. The van der Waals surface area contributed by atoms with Crippen molar-refractivity contribution in [1.82, 2.24) is 31.6 Å². The number of piperidine rings is 1. The van der Waals surface area contributed by atoms with E-state index < -0.39 is 59.7 Å². The van der Waals surface area contributed by atoms with E-state index in [0.717, 1.165) is 34.1 Å². The van der Waals surface area contributed by atoms with Gasteiger partial charge in [-0.25, -0.2) is 0 Å². The second-order valence-electron chi connectivity index (χ2n) is 15.7. The average molecular weight is 884 g/mol. The summed E-state index contributed by atoms with van der Waals surface area (Å²) in [6, 6.07) is 20.3. The Labute approximate surface area is 371 Å². The Morgan fingerprint density at radius 1 is 0.794 bits per heavy atom. The number of rotatable bonds is 22. The third kappa shape index (κ3) is 13.9. The van der Waals surface area contributed by atoms with E-state index in [-0.39, 0.29) is 63.4 Å². The minimum atomic E-state index is -1.34. The van der Waals surface area contributed by atoms with Crippen LogP contribution in [0.1, 0.15) is 63.0 Å². The van der Waals surface area contributed by atoms with Crippen LogP contribution in [0.5, 0.6) is 0 Å². The topological polar surface area (TPSA) is 272 Å². The number of aromatic nitrogens is 1. The third-order valence-corrected chi connectivity index (χ3v) is 11.3. The monoisotopic (exact) mass is 883 g/mol. The number of hydrogen-bond donors (Lipinski definition) is 9. The molecule has 1 aliphatic rings. The van der Waals surface area contributed by atoms with Gasteiger partial charge in [-0.1, -0.05) is 73.5 Å². The first-order valence-electron chi connectivity index (χ1n) is 21.2. The standard InChI is InChI=1S/C45H58ClN11O6/c1-2-3-15-39(59)56-45(20-23-57(24-21-45)32-18-16-31(46)17-19-32)43(63)55-36(25-29-10-5-4-6-11-29)42(62)53-35(14-9-22-50-44(48)49)41(61)54-37(40(60)52-28-38(47)58)26-30-27-51-34-13-8-7-12-33(30)34/h4-8,10-13,16-19,27,35-37,51H,2-3,9,14-15,20-26,28H2,1H3,(H2,47,58)(H,52,60)(H,53,62)(H,54,61)(H,55,63)(H,56,59)(H4,48,49,50). The van der Waals surface area contributed by atoms with Crippen molar-refractivity contribution in [3.05, 3.63) is 101 Å². The number of anilines is 1. The van der Waals surface area contributed by atoms with Gasteiger partial charge in [-0.15, -0.1) is 0 Å². The van der Waals surface area contributed by atoms with E-state index in [9.17, 15) is 28.8 Å². The molecule has 0 saturated carbocycles. The number of nitrogens with zero attached hydrogens (tertiary/aromatic N) is 2. The predicted molar refractivity (Wildman–Crippen MR) is 243 cm³/mol. The highest BCUT2D eigenvalue weighted by molar-refractivity contribution is 6.30. The molecule has 3 aromatic carbocycles. The molecule has 0 bridgehead atoms. The van der Waals surface area contributed by atoms with E-state index in [2.05, 4.69) is 41.5 Å². The number of nitrogens with one attached hydrogen (secondary N) is 6. The highest BCUT2D eigenvalue weighted by atomic mass is 35.5. The van der Waals surface area contributed by atoms with Crippen molar-refractivity contribution in [1.29, 1.82) is 0 Å². The normalized spacial score (nSPS) is 14.7. The van der Waals surface area contributed by atoms with Crippen molar-refractivity contribution in [2.45, 2.75) is 88.4 Å². The molecule has 63 heavy (non-hydrogen) atoms. The second kappa shape index (κ2) is 23.0. The van der Waals surface area contributed by atoms with Crippen LogP contribution in [0, 0.1) is 0 Å². The van der Waals surface area contributed by atoms with E-state index in [1.807, 2.05) is 73.7 Å². The summed E-state index contributed by atoms with van der Waals surface area (Å²) in [7, 11) is 0. The van der Waals surface area contributed by atoms with Gasteiger partial charge in [0.1, 0.15) is 23.7 Å². The van der Waals surface area contributed by atoms with Crippen LogP contribution < -0.4 is 48.7 Å². The van der Waals surface area contributed by atoms with E-state index in [4.69, 9.17) is 28.8 Å². The van der Waals surface area contributed by atoms with Crippen LogP contribution in [-0.4, -0.2) is 96.2 Å². The number of unbranched alkanes of at least 4 members (excludes halogenated alkanes) is 1. The lowest BCUT2D eigenvalue weighted by Gasteiger charge is -2.42. The molecular formula is C45H58ClN11O6. The Balaban J connectivity index is 1.41. The first-order chi connectivity index (χ1) is 30.3. The molecule has 1 aromatic heterocycles. The summed E-state index contributed by atoms with van der Waals surface area (Å²) in [6.45, 7) is 2.52. The van der Waals surface area contributed by atoms with E-state index in [1.54, 1.807) is 18.3 Å². The van der Waals surface area contributed by atoms with Crippen molar-refractivity contribution in [3.8, 4) is 0 Å². The zero-order valence-electron chi connectivity index (χ0n) is 35.5. The molecule has 3 unspecified atom stereocenters. The summed E-state index contributed by atoms with van der Waals surface area (Å²) in [4.78, 5) is 91.2. The van der Waals surface area contributed by atoms with Crippen LogP contribution in [0.4, 0.5) is 5.69 Å². The summed E-state index contributed by atoms with van der Waals surface area (Å²) < 4.78 is 0. The molecule has 6 amide bonds. The summed E-state index contributed by atoms with van der Waals surface area (Å²) in [6.07, 6.45) is 4.29. The highest BCUT2D eigenvalue weighted by Gasteiger charge is 2.44. The maximum Gasteiger partial charge on any atom is 0.246 e. The smallest absolute Gasteiger partial charge is 0.246 e. The number of guanidine groups is 1. The summed E-state index contributed by atoms with van der Waals surface area (Å²) in [5.41, 5.74) is 18.3. The number of H-pyrrole nitrogens is 1. The Kier molecular flexibility index (Phi) is 17.3. The number of benzene rings is 3. The van der Waals surface area contributed by atoms with Crippen LogP contribution in [0.25, 0.3) is 10.9 Å². The van der Waals surface area contributed by atoms with Gasteiger partial charge in [0.05, 0.1) is 6.54 Å². The Morgan fingerprint density at radius 3 is 2.13 bits per heavy atom. The van der Waals surface area contributed by atoms with Gasteiger partial charge in [0, 0.05) is 66.7 Å². The highest BCUT2D eigenvalue weighted by Crippen LogP contribution is 2.29. The number of hydrogen-bond acceptors (Lipinski definition) is 8. The minimum Gasteiger partial charge on any atom is -0.371 e. The molecule has 18 heteroatoms. The van der Waals surface area contributed by atoms with Gasteiger partial charge in [-0.05, 0) is 73.6 Å². The Hall–Kier alpha value is -6.62. The first kappa shape index (κ1) is 47.4. The maximum absolute atomic E-state index is 14.7. The fourth-order valence-corrected chi connectivity index (χ4v) is 7.70. The third-order valence-electron chi connectivity index (χ3n) is 11.0. The van der Waals surface area contributed by atoms with Crippen molar-refractivity contribution in [3.63, 3.8) is 0 Å². The van der Waals surface area contributed by atoms with Gasteiger partial charge < -0.3 is 53.7 Å². The molecule has 4 aromatic rings. The van der Waals surface area contributed by atoms with Crippen molar-refractivity contribution >= 4 is 69.6 Å². The summed E-state index contributed by atoms with van der Waals surface area (Å²) in [5.74, 6) is -3.76. The predicted octanol–water partition coefficient (Wildman–Crippen LogP) is 2.06. The molecule has 12 N–H and O–H groups in total. The van der Waals surface area contributed by atoms with Crippen LogP contribution >= 0.6 is 11.6 Å². The number of para-hydroxylation sites is 1. The van der Waals surface area contributed by atoms with Crippen molar-refractivity contribution in [2.75, 3.05) is 31.1 Å². The van der Waals surface area contributed by atoms with E-state index >= 15 is 0 Å². The molecule has 2 heterocycles. The van der Waals surface area contributed by atoms with Crippen molar-refractivity contribution in [2.24, 2.45) is 22.2 Å². The lowest BCUT2D eigenvalue weighted by atomic mass is 9.85. The molecule has 0 aliphatic carbocycles. The lowest BCUT2D eigenvalue weighted by Crippen LogP contribution is -2.66. The van der Waals surface area contributed by atoms with Gasteiger partial charge in [0.2, 0.25) is 35.4 Å². The number of amides is 6. The molecule has 0 spiro atoms. The largest absolute Gasteiger partial charge is 0.371 e. The molecule has 336 valence electrons. The van der Waals surface area contributed by atoms with E-state index in [1.165, 1.54) is 0 Å². The molecule has 1 saturated heterocycles. The lowest BCUT2D eigenvalue weighted by molar-refractivity contribution is -0.138. The number of aromatic amines is 1. The van der Waals surface area contributed by atoms with Gasteiger partial charge in [-0.2, -0.15) is 0 Å². The molecular weight excluding hydrogens is 826 g/mol. The molecule has 1 aliphatic heterocycles. The maximum atomic E-state index is 14.7. The SMILES string of the molecule is CCCCC(=O)NC1(C(=O)NC(Cc2ccccc2)C(=O)NC(CCCN=C(N)N)C(=O)NC(Cc2c[nH]c3ccccc23)C(=O)NCC(N)=O)CCN(c2ccc(Cl)cc2)CC1. The fraction of sp³-hybridized carbons (Fsp3) is 0.400. The van der Waals surface area contributed by atoms with Crippen molar-refractivity contribution < 1.29 is 28.8 Å². The fourth-order valence-electron chi connectivity index (χ4n) is 7.57. The Bertz CT molecular complexity index is 2220. The molecule has 17 nitrogen and oxygen atoms in total. The quantitative estimate of drug-likeness (QED) is 0.0317. The number of primary amides is 1. The van der Waals surface area contributed by atoms with Crippen LogP contribution in [-0.2, 0) is 41.6 Å². The number of nitrogens with two attached hydrogens (primary N) is 3. The van der Waals surface area contributed by atoms with Crippen LogP contribution in [0.3, 0.4) is 0 Å². The first-order valence-corrected chi connectivity index (χ1v) is 21.6. The number of aliphatic imine (C=N–C) groups is 1. The molecule has 3 atom stereocenters. The Morgan fingerprint density at radius 2 is 1.44 bits per heavy atom. The zero-order chi connectivity index (χ0) is 45.4. The summed E-state index contributed by atoms with van der Waals surface area (Å²) in [5, 5.41) is 15.5. The zero-order valence-corrected chi connectivity index (χ0v) is 36.2. The van der Waals surface area contributed by atoms with Gasteiger partial charge in [0.15, 0.2) is 5.96 Å². The van der Waals surface area contributed by atoms with Gasteiger partial charge in [-0.3, -0.25) is 33.8 Å². The average Bonchev–Trinajstić information content (AvgIpc) is 3.68. The van der Waals surface area contributed by atoms with E-state index in [0.29, 0.717) is 24.5 Å². The molecule has 5 rings (SSSR count).